The van der Waals surface area contributed by atoms with Crippen molar-refractivity contribution >= 4 is 17.8 Å². The summed E-state index contributed by atoms with van der Waals surface area (Å²) in [6.07, 6.45) is 6.28. The first-order valence-corrected chi connectivity index (χ1v) is 11.2. The average Bonchev–Trinajstić information content (AvgIpc) is 3.03. The summed E-state index contributed by atoms with van der Waals surface area (Å²) in [5, 5.41) is 9.85. The van der Waals surface area contributed by atoms with Crippen LogP contribution in [0.3, 0.4) is 0 Å². The molecule has 0 aromatic carbocycles. The predicted octanol–water partition coefficient (Wildman–Crippen LogP) is 3.34. The van der Waals surface area contributed by atoms with Gasteiger partial charge in [0, 0.05) is 25.9 Å². The molecule has 1 heterocycles. The smallest absolute Gasteiger partial charge is 0.307 e. The average molecular weight is 406 g/mol. The highest BCUT2D eigenvalue weighted by molar-refractivity contribution is 5.77. The number of carbonyl (C=O) groups is 3. The molecule has 162 valence electrons. The van der Waals surface area contributed by atoms with Gasteiger partial charge in [-0.25, -0.2) is 0 Å². The highest BCUT2D eigenvalue weighted by Crippen LogP contribution is 2.67. The van der Waals surface area contributed by atoms with Crippen molar-refractivity contribution in [3.63, 3.8) is 0 Å². The molecule has 1 saturated heterocycles. The van der Waals surface area contributed by atoms with Gasteiger partial charge in [0.15, 0.2) is 0 Å². The first-order chi connectivity index (χ1) is 13.6. The van der Waals surface area contributed by atoms with Crippen LogP contribution >= 0.6 is 0 Å². The number of likely N-dealkylation sites (tertiary alicyclic amines) is 1. The third-order valence-electron chi connectivity index (χ3n) is 9.70. The monoisotopic (exact) mass is 405 g/mol. The number of carboxylic acid groups (broad SMARTS) is 1. The lowest BCUT2D eigenvalue weighted by molar-refractivity contribution is -0.175. The maximum atomic E-state index is 12.5. The van der Waals surface area contributed by atoms with Gasteiger partial charge in [0.1, 0.15) is 0 Å². The molecule has 4 aliphatic rings. The van der Waals surface area contributed by atoms with Crippen LogP contribution < -0.4 is 0 Å². The molecule has 0 spiro atoms. The Hall–Kier alpha value is -1.59. The third kappa shape index (κ3) is 2.92. The summed E-state index contributed by atoms with van der Waals surface area (Å²) in [7, 11) is 3.35. The fraction of sp³-hybridized carbons (Fsp3) is 0.870. The maximum absolute atomic E-state index is 12.5. The lowest BCUT2D eigenvalue weighted by Gasteiger charge is -2.63. The van der Waals surface area contributed by atoms with Crippen LogP contribution in [0, 0.1) is 40.4 Å². The largest absolute Gasteiger partial charge is 0.481 e. The van der Waals surface area contributed by atoms with Crippen LogP contribution in [0.5, 0.6) is 0 Å². The second kappa shape index (κ2) is 6.98. The number of rotatable bonds is 3. The molecule has 0 radical (unpaired) electrons. The van der Waals surface area contributed by atoms with Crippen molar-refractivity contribution in [2.75, 3.05) is 14.2 Å². The highest BCUT2D eigenvalue weighted by atomic mass is 16.5. The van der Waals surface area contributed by atoms with E-state index in [1.165, 1.54) is 7.11 Å². The molecule has 0 aromatic heterocycles. The predicted molar refractivity (Wildman–Crippen MR) is 107 cm³/mol. The van der Waals surface area contributed by atoms with Crippen LogP contribution in [-0.4, -0.2) is 48.1 Å². The van der Waals surface area contributed by atoms with E-state index in [2.05, 4.69) is 13.8 Å². The van der Waals surface area contributed by atoms with Crippen molar-refractivity contribution in [3.8, 4) is 0 Å². The Bertz CT molecular complexity index is 722. The SMILES string of the molecule is COC(=O)CC1C[C@H]2N(C)C(=O)CC[C@]2(C)[C@H]2CC[C@]3(C)[C@@H](C(=O)O)CC[C@H]3[C@H]12. The molecule has 1 N–H and O–H groups in total. The number of hydrogen-bond donors (Lipinski definition) is 1. The molecule has 1 aliphatic heterocycles. The molecule has 1 unspecified atom stereocenters. The highest BCUT2D eigenvalue weighted by Gasteiger charge is 2.64. The number of esters is 1. The van der Waals surface area contributed by atoms with Gasteiger partial charge in [-0.15, -0.1) is 0 Å². The molecule has 3 saturated carbocycles. The van der Waals surface area contributed by atoms with E-state index in [4.69, 9.17) is 4.74 Å². The molecular weight excluding hydrogens is 370 g/mol. The van der Waals surface area contributed by atoms with Crippen LogP contribution in [0.4, 0.5) is 0 Å². The quantitative estimate of drug-likeness (QED) is 0.728. The summed E-state index contributed by atoms with van der Waals surface area (Å²) < 4.78 is 5.02. The molecule has 6 heteroatoms. The fourth-order valence-corrected chi connectivity index (χ4v) is 8.18. The van der Waals surface area contributed by atoms with Crippen LogP contribution in [0.15, 0.2) is 0 Å². The van der Waals surface area contributed by atoms with Crippen molar-refractivity contribution in [2.45, 2.75) is 71.3 Å². The number of nitrogens with zero attached hydrogens (tertiary/aromatic N) is 1. The summed E-state index contributed by atoms with van der Waals surface area (Å²) in [4.78, 5) is 38.7. The first kappa shape index (κ1) is 20.7. The van der Waals surface area contributed by atoms with Crippen molar-refractivity contribution in [1.29, 1.82) is 0 Å². The molecule has 3 aliphatic carbocycles. The summed E-state index contributed by atoms with van der Waals surface area (Å²) in [6, 6.07) is 0.153. The molecule has 1 amide bonds. The number of fused-ring (bicyclic) bond motifs is 5. The van der Waals surface area contributed by atoms with Crippen molar-refractivity contribution < 1.29 is 24.2 Å². The molecule has 6 nitrogen and oxygen atoms in total. The Morgan fingerprint density at radius 2 is 1.83 bits per heavy atom. The van der Waals surface area contributed by atoms with Gasteiger partial charge < -0.3 is 14.7 Å². The molecular formula is C23H35NO5. The number of piperidine rings is 1. The minimum atomic E-state index is -0.666. The zero-order valence-corrected chi connectivity index (χ0v) is 18.1. The van der Waals surface area contributed by atoms with Gasteiger partial charge >= 0.3 is 11.9 Å². The number of carbonyl (C=O) groups excluding carboxylic acids is 2. The number of aliphatic carboxylic acids is 1. The molecule has 4 rings (SSSR count). The van der Waals surface area contributed by atoms with E-state index in [9.17, 15) is 19.5 Å². The molecule has 4 fully saturated rings. The van der Waals surface area contributed by atoms with E-state index in [0.29, 0.717) is 30.6 Å². The second-order valence-corrected chi connectivity index (χ2v) is 10.6. The number of carboxylic acids is 1. The standard InChI is InChI=1S/C23H35NO5/c1-22-9-7-15-20(14(22)5-6-16(22)21(27)28)13(12-19(26)29-4)11-17-23(15,2)10-8-18(25)24(17)3/h13-17,20H,5-12H2,1-4H3,(H,27,28)/t13?,14-,15-,16+,17+,20-,22-,23+/m0/s1. The molecule has 8 atom stereocenters. The second-order valence-electron chi connectivity index (χ2n) is 10.6. The van der Waals surface area contributed by atoms with E-state index < -0.39 is 5.97 Å². The van der Waals surface area contributed by atoms with Gasteiger partial charge in [-0.2, -0.15) is 0 Å². The van der Waals surface area contributed by atoms with Crippen LogP contribution in [0.2, 0.25) is 0 Å². The van der Waals surface area contributed by atoms with Gasteiger partial charge in [-0.05, 0) is 73.0 Å². The van der Waals surface area contributed by atoms with Gasteiger partial charge in [-0.1, -0.05) is 13.8 Å². The Labute approximate surface area is 173 Å². The topological polar surface area (TPSA) is 83.9 Å². The summed E-state index contributed by atoms with van der Waals surface area (Å²) in [5.41, 5.74) is -0.149. The van der Waals surface area contributed by atoms with Crippen LogP contribution in [-0.2, 0) is 19.1 Å². The lowest BCUT2D eigenvalue weighted by atomic mass is 9.44. The van der Waals surface area contributed by atoms with Crippen molar-refractivity contribution in [2.24, 2.45) is 40.4 Å². The number of ether oxygens (including phenoxy) is 1. The van der Waals surface area contributed by atoms with Crippen molar-refractivity contribution in [1.82, 2.24) is 4.90 Å². The Balaban J connectivity index is 1.73. The van der Waals surface area contributed by atoms with Gasteiger partial charge in [0.2, 0.25) is 5.91 Å². The minimum Gasteiger partial charge on any atom is -0.481 e. The summed E-state index contributed by atoms with van der Waals surface area (Å²) >= 11 is 0. The van der Waals surface area contributed by atoms with Crippen LogP contribution in [0.25, 0.3) is 0 Å². The van der Waals surface area contributed by atoms with E-state index in [1.807, 2.05) is 11.9 Å². The van der Waals surface area contributed by atoms with E-state index in [-0.39, 0.29) is 40.6 Å². The van der Waals surface area contributed by atoms with Gasteiger partial charge in [0.05, 0.1) is 13.0 Å². The third-order valence-corrected chi connectivity index (χ3v) is 9.70. The number of amides is 1. The molecule has 0 bridgehead atoms. The maximum Gasteiger partial charge on any atom is 0.307 e. The Kier molecular flexibility index (Phi) is 4.98. The van der Waals surface area contributed by atoms with Crippen LogP contribution in [0.1, 0.15) is 65.2 Å². The lowest BCUT2D eigenvalue weighted by Crippen LogP contribution is -2.63. The minimum absolute atomic E-state index is 0.0442. The normalized spacial score (nSPS) is 46.5. The van der Waals surface area contributed by atoms with E-state index >= 15 is 0 Å². The van der Waals surface area contributed by atoms with E-state index in [0.717, 1.165) is 38.5 Å². The Morgan fingerprint density at radius 1 is 1.14 bits per heavy atom. The number of methoxy groups -OCH3 is 1. The number of hydrogen-bond acceptors (Lipinski definition) is 4. The summed E-state index contributed by atoms with van der Waals surface area (Å²) in [6.45, 7) is 4.53. The van der Waals surface area contributed by atoms with Crippen molar-refractivity contribution in [3.05, 3.63) is 0 Å². The summed E-state index contributed by atoms with van der Waals surface area (Å²) in [5.74, 6) is 0.303. The Morgan fingerprint density at radius 3 is 2.48 bits per heavy atom. The fourth-order valence-electron chi connectivity index (χ4n) is 8.18. The molecule has 29 heavy (non-hydrogen) atoms. The first-order valence-electron chi connectivity index (χ1n) is 11.2. The van der Waals surface area contributed by atoms with Gasteiger partial charge in [-0.3, -0.25) is 14.4 Å². The van der Waals surface area contributed by atoms with Gasteiger partial charge in [0.25, 0.3) is 0 Å². The molecule has 0 aromatic rings. The van der Waals surface area contributed by atoms with E-state index in [1.54, 1.807) is 0 Å². The zero-order chi connectivity index (χ0) is 21.1. The zero-order valence-electron chi connectivity index (χ0n) is 18.1.